The summed E-state index contributed by atoms with van der Waals surface area (Å²) >= 11 is 0. The van der Waals surface area contributed by atoms with E-state index in [1.807, 2.05) is 52.3 Å². The van der Waals surface area contributed by atoms with Crippen molar-refractivity contribution in [3.05, 3.63) is 54.1 Å². The number of rotatable bonds is 5. The van der Waals surface area contributed by atoms with Gasteiger partial charge in [0.1, 0.15) is 11.5 Å². The second-order valence-corrected chi connectivity index (χ2v) is 9.30. The number of ether oxygens (including phenoxy) is 2. The number of methoxy groups -OCH3 is 1. The lowest BCUT2D eigenvalue weighted by molar-refractivity contribution is -0.134. The summed E-state index contributed by atoms with van der Waals surface area (Å²) < 4.78 is 11.1. The summed E-state index contributed by atoms with van der Waals surface area (Å²) in [6.07, 6.45) is 8.53. The molecule has 0 spiro atoms. The normalized spacial score (nSPS) is 17.6. The van der Waals surface area contributed by atoms with Crippen LogP contribution in [-0.4, -0.2) is 43.5 Å². The van der Waals surface area contributed by atoms with Crippen LogP contribution in [-0.2, 0) is 16.1 Å². The number of amides is 2. The van der Waals surface area contributed by atoms with Crippen molar-refractivity contribution in [1.29, 1.82) is 0 Å². The highest BCUT2D eigenvalue weighted by molar-refractivity contribution is 5.97. The van der Waals surface area contributed by atoms with Crippen molar-refractivity contribution in [3.63, 3.8) is 0 Å². The summed E-state index contributed by atoms with van der Waals surface area (Å²) in [5.74, 6) is 1.66. The molecular formula is C28H36N2O4. The van der Waals surface area contributed by atoms with E-state index < -0.39 is 0 Å². The van der Waals surface area contributed by atoms with E-state index in [9.17, 15) is 9.59 Å². The fourth-order valence-corrected chi connectivity index (χ4v) is 4.51. The Bertz CT molecular complexity index is 972. The minimum Gasteiger partial charge on any atom is -0.497 e. The Balaban J connectivity index is 1.52. The van der Waals surface area contributed by atoms with Crippen LogP contribution < -0.4 is 14.4 Å². The van der Waals surface area contributed by atoms with E-state index in [0.717, 1.165) is 62.7 Å². The Morgan fingerprint density at radius 3 is 2.35 bits per heavy atom. The summed E-state index contributed by atoms with van der Waals surface area (Å²) in [6, 6.07) is 15.4. The molecule has 34 heavy (non-hydrogen) atoms. The largest absolute Gasteiger partial charge is 0.497 e. The smallest absolute Gasteiger partial charge is 0.260 e. The molecule has 6 heteroatoms. The molecule has 0 atom stereocenters. The SMILES string of the molecule is COc1cccc(OCC(=O)N2CCCCCCCCN(C(=O)C3CC3)c3ccccc3C2)c1. The van der Waals surface area contributed by atoms with E-state index >= 15 is 0 Å². The van der Waals surface area contributed by atoms with Crippen LogP contribution in [0.25, 0.3) is 0 Å². The maximum atomic E-state index is 13.2. The van der Waals surface area contributed by atoms with Crippen LogP contribution in [0.3, 0.4) is 0 Å². The highest BCUT2D eigenvalue weighted by Gasteiger charge is 2.34. The lowest BCUT2D eigenvalue weighted by atomic mass is 10.1. The van der Waals surface area contributed by atoms with Crippen LogP contribution >= 0.6 is 0 Å². The maximum Gasteiger partial charge on any atom is 0.260 e. The van der Waals surface area contributed by atoms with E-state index in [0.29, 0.717) is 24.6 Å². The molecule has 1 aliphatic carbocycles. The number of fused-ring (bicyclic) bond motifs is 1. The summed E-state index contributed by atoms with van der Waals surface area (Å²) in [5, 5.41) is 0. The van der Waals surface area contributed by atoms with Gasteiger partial charge < -0.3 is 19.3 Å². The molecule has 0 radical (unpaired) electrons. The number of para-hydroxylation sites is 1. The molecule has 6 nitrogen and oxygen atoms in total. The van der Waals surface area contributed by atoms with Gasteiger partial charge in [0.15, 0.2) is 6.61 Å². The van der Waals surface area contributed by atoms with Gasteiger partial charge >= 0.3 is 0 Å². The van der Waals surface area contributed by atoms with Gasteiger partial charge in [-0.2, -0.15) is 0 Å². The zero-order valence-electron chi connectivity index (χ0n) is 20.2. The van der Waals surface area contributed by atoms with Gasteiger partial charge in [0.25, 0.3) is 5.91 Å². The summed E-state index contributed by atoms with van der Waals surface area (Å²) in [5.41, 5.74) is 1.97. The van der Waals surface area contributed by atoms with Gasteiger partial charge in [-0.15, -0.1) is 0 Å². The topological polar surface area (TPSA) is 59.1 Å². The first kappa shape index (κ1) is 24.1. The lowest BCUT2D eigenvalue weighted by Crippen LogP contribution is -2.37. The lowest BCUT2D eigenvalue weighted by Gasteiger charge is -2.28. The van der Waals surface area contributed by atoms with Crippen molar-refractivity contribution < 1.29 is 19.1 Å². The number of carbonyl (C=O) groups is 2. The minimum atomic E-state index is -0.0486. The molecule has 0 aromatic heterocycles. The molecule has 1 saturated carbocycles. The van der Waals surface area contributed by atoms with Crippen molar-refractivity contribution in [3.8, 4) is 11.5 Å². The second kappa shape index (κ2) is 11.9. The first-order chi connectivity index (χ1) is 16.7. The molecule has 1 fully saturated rings. The van der Waals surface area contributed by atoms with E-state index in [4.69, 9.17) is 9.47 Å². The molecule has 0 unspecified atom stereocenters. The molecule has 2 aromatic rings. The van der Waals surface area contributed by atoms with Crippen molar-refractivity contribution in [2.45, 2.75) is 57.9 Å². The van der Waals surface area contributed by atoms with Gasteiger partial charge in [0, 0.05) is 37.3 Å². The highest BCUT2D eigenvalue weighted by atomic mass is 16.5. The highest BCUT2D eigenvalue weighted by Crippen LogP contribution is 2.34. The number of anilines is 1. The van der Waals surface area contributed by atoms with Gasteiger partial charge in [-0.05, 0) is 49.4 Å². The molecule has 2 aliphatic rings. The van der Waals surface area contributed by atoms with Crippen LogP contribution in [0.15, 0.2) is 48.5 Å². The number of carbonyl (C=O) groups excluding carboxylic acids is 2. The zero-order valence-corrected chi connectivity index (χ0v) is 20.2. The van der Waals surface area contributed by atoms with Crippen LogP contribution in [0, 0.1) is 5.92 Å². The second-order valence-electron chi connectivity index (χ2n) is 9.30. The third-order valence-corrected chi connectivity index (χ3v) is 6.65. The van der Waals surface area contributed by atoms with Crippen molar-refractivity contribution in [2.75, 3.05) is 31.7 Å². The van der Waals surface area contributed by atoms with E-state index in [1.165, 1.54) is 6.42 Å². The van der Waals surface area contributed by atoms with Crippen LogP contribution in [0.2, 0.25) is 0 Å². The Hall–Kier alpha value is -3.02. The molecular weight excluding hydrogens is 428 g/mol. The average molecular weight is 465 g/mol. The number of nitrogens with zero attached hydrogens (tertiary/aromatic N) is 2. The van der Waals surface area contributed by atoms with E-state index in [1.54, 1.807) is 13.2 Å². The summed E-state index contributed by atoms with van der Waals surface area (Å²) in [4.78, 5) is 30.3. The fraction of sp³-hybridized carbons (Fsp3) is 0.500. The third kappa shape index (κ3) is 6.52. The summed E-state index contributed by atoms with van der Waals surface area (Å²) in [6.45, 7) is 1.88. The van der Waals surface area contributed by atoms with Gasteiger partial charge in [-0.25, -0.2) is 0 Å². The Labute approximate surface area is 202 Å². The number of hydrogen-bond acceptors (Lipinski definition) is 4. The molecule has 0 saturated heterocycles. The summed E-state index contributed by atoms with van der Waals surface area (Å²) in [7, 11) is 1.61. The number of benzene rings is 2. The van der Waals surface area contributed by atoms with E-state index in [2.05, 4.69) is 0 Å². The molecule has 182 valence electrons. The molecule has 2 aromatic carbocycles. The quantitative estimate of drug-likeness (QED) is 0.610. The van der Waals surface area contributed by atoms with Gasteiger partial charge in [-0.1, -0.05) is 49.9 Å². The monoisotopic (exact) mass is 464 g/mol. The average Bonchev–Trinajstić information content (AvgIpc) is 3.71. The van der Waals surface area contributed by atoms with Crippen LogP contribution in [0.1, 0.15) is 56.9 Å². The molecule has 1 heterocycles. The molecule has 0 N–H and O–H groups in total. The van der Waals surface area contributed by atoms with Crippen molar-refractivity contribution >= 4 is 17.5 Å². The molecule has 1 aliphatic heterocycles. The van der Waals surface area contributed by atoms with Gasteiger partial charge in [0.2, 0.25) is 5.91 Å². The van der Waals surface area contributed by atoms with Crippen molar-refractivity contribution in [2.24, 2.45) is 5.92 Å². The first-order valence-electron chi connectivity index (χ1n) is 12.6. The molecule has 4 rings (SSSR count). The van der Waals surface area contributed by atoms with Crippen LogP contribution in [0.4, 0.5) is 5.69 Å². The van der Waals surface area contributed by atoms with Gasteiger partial charge in [-0.3, -0.25) is 9.59 Å². The third-order valence-electron chi connectivity index (χ3n) is 6.65. The van der Waals surface area contributed by atoms with Crippen molar-refractivity contribution in [1.82, 2.24) is 4.90 Å². The minimum absolute atomic E-state index is 0.0277. The van der Waals surface area contributed by atoms with Gasteiger partial charge in [0.05, 0.1) is 7.11 Å². The standard InChI is InChI=1S/C28H36N2O4/c1-33-24-12-10-13-25(19-24)34-21-27(31)29-17-8-4-2-3-5-9-18-30(28(32)22-15-16-22)26-14-7-6-11-23(26)20-29/h6-7,10-14,19,22H,2-5,8-9,15-18,20-21H2,1H3. The molecule has 0 bridgehead atoms. The molecule has 2 amide bonds. The van der Waals surface area contributed by atoms with Crippen LogP contribution in [0.5, 0.6) is 11.5 Å². The zero-order chi connectivity index (χ0) is 23.8. The maximum absolute atomic E-state index is 13.2. The fourth-order valence-electron chi connectivity index (χ4n) is 4.51. The Kier molecular flexibility index (Phi) is 8.45. The number of hydrogen-bond donors (Lipinski definition) is 0. The Morgan fingerprint density at radius 2 is 1.59 bits per heavy atom. The Morgan fingerprint density at radius 1 is 0.882 bits per heavy atom. The van der Waals surface area contributed by atoms with E-state index in [-0.39, 0.29) is 24.3 Å². The first-order valence-corrected chi connectivity index (χ1v) is 12.6. The predicted octanol–water partition coefficient (Wildman–Crippen LogP) is 5.20. The predicted molar refractivity (Wildman–Crippen MR) is 133 cm³/mol.